The zero-order valence-corrected chi connectivity index (χ0v) is 12.7. The predicted octanol–water partition coefficient (Wildman–Crippen LogP) is 3.05. The van der Waals surface area contributed by atoms with Gasteiger partial charge >= 0.3 is 0 Å². The van der Waals surface area contributed by atoms with Gasteiger partial charge in [0.25, 0.3) is 0 Å². The zero-order valence-electron chi connectivity index (χ0n) is 12.7. The third-order valence-corrected chi connectivity index (χ3v) is 4.55. The fourth-order valence-electron chi connectivity index (χ4n) is 3.26. The van der Waals surface area contributed by atoms with Crippen LogP contribution in [-0.4, -0.2) is 18.1 Å². The van der Waals surface area contributed by atoms with Crippen molar-refractivity contribution in [1.29, 1.82) is 0 Å². The fourth-order valence-corrected chi connectivity index (χ4v) is 3.26. The number of pyridine rings is 1. The highest BCUT2D eigenvalue weighted by Crippen LogP contribution is 2.33. The molecule has 3 rings (SSSR count). The van der Waals surface area contributed by atoms with E-state index in [4.69, 9.17) is 10.7 Å². The molecule has 1 fully saturated rings. The molecule has 0 atom stereocenters. The van der Waals surface area contributed by atoms with Gasteiger partial charge in [0, 0.05) is 30.9 Å². The summed E-state index contributed by atoms with van der Waals surface area (Å²) in [7, 11) is 0. The SMILES string of the molecule is CCCN(CC1CC1)c1nc2c(cc1CN)CCCC2. The molecule has 0 unspecified atom stereocenters. The molecule has 1 aromatic rings. The van der Waals surface area contributed by atoms with Crippen LogP contribution >= 0.6 is 0 Å². The largest absolute Gasteiger partial charge is 0.356 e. The van der Waals surface area contributed by atoms with Crippen LogP contribution in [0.15, 0.2) is 6.07 Å². The molecule has 3 nitrogen and oxygen atoms in total. The van der Waals surface area contributed by atoms with Crippen molar-refractivity contribution in [3.8, 4) is 0 Å². The maximum Gasteiger partial charge on any atom is 0.133 e. The van der Waals surface area contributed by atoms with E-state index in [9.17, 15) is 0 Å². The molecule has 2 N–H and O–H groups in total. The van der Waals surface area contributed by atoms with Crippen LogP contribution in [0.25, 0.3) is 0 Å². The summed E-state index contributed by atoms with van der Waals surface area (Å²) in [5, 5.41) is 0. The van der Waals surface area contributed by atoms with Crippen molar-refractivity contribution < 1.29 is 0 Å². The molecule has 0 spiro atoms. The van der Waals surface area contributed by atoms with Crippen LogP contribution < -0.4 is 10.6 Å². The number of nitrogens with zero attached hydrogens (tertiary/aromatic N) is 2. The molecule has 110 valence electrons. The Morgan fingerprint density at radius 3 is 2.80 bits per heavy atom. The van der Waals surface area contributed by atoms with Gasteiger partial charge in [-0.2, -0.15) is 0 Å². The molecule has 1 saturated carbocycles. The minimum Gasteiger partial charge on any atom is -0.356 e. The van der Waals surface area contributed by atoms with Crippen LogP contribution in [0, 0.1) is 5.92 Å². The van der Waals surface area contributed by atoms with E-state index in [1.807, 2.05) is 0 Å². The Hall–Kier alpha value is -1.09. The lowest BCUT2D eigenvalue weighted by Gasteiger charge is -2.28. The average molecular weight is 273 g/mol. The topological polar surface area (TPSA) is 42.2 Å². The molecule has 1 aromatic heterocycles. The van der Waals surface area contributed by atoms with Crippen LogP contribution in [0.1, 0.15) is 55.8 Å². The minimum atomic E-state index is 0.612. The van der Waals surface area contributed by atoms with Gasteiger partial charge in [0.1, 0.15) is 5.82 Å². The summed E-state index contributed by atoms with van der Waals surface area (Å²) in [5.74, 6) is 2.08. The fraction of sp³-hybridized carbons (Fsp3) is 0.706. The summed E-state index contributed by atoms with van der Waals surface area (Å²) in [6, 6.07) is 2.34. The lowest BCUT2D eigenvalue weighted by atomic mass is 9.94. The van der Waals surface area contributed by atoms with Gasteiger partial charge in [-0.25, -0.2) is 4.98 Å². The first-order valence-electron chi connectivity index (χ1n) is 8.28. The maximum absolute atomic E-state index is 6.00. The lowest BCUT2D eigenvalue weighted by Crippen LogP contribution is -2.30. The number of rotatable bonds is 6. The molecule has 0 radical (unpaired) electrons. The van der Waals surface area contributed by atoms with Crippen LogP contribution in [0.4, 0.5) is 5.82 Å². The van der Waals surface area contributed by atoms with Gasteiger partial charge in [-0.15, -0.1) is 0 Å². The van der Waals surface area contributed by atoms with Gasteiger partial charge < -0.3 is 10.6 Å². The lowest BCUT2D eigenvalue weighted by molar-refractivity contribution is 0.652. The second-order valence-electron chi connectivity index (χ2n) is 6.38. The number of hydrogen-bond acceptors (Lipinski definition) is 3. The highest BCUT2D eigenvalue weighted by Gasteiger charge is 2.26. The average Bonchev–Trinajstić information content (AvgIpc) is 3.29. The van der Waals surface area contributed by atoms with Gasteiger partial charge in [-0.3, -0.25) is 0 Å². The van der Waals surface area contributed by atoms with Crippen LogP contribution in [-0.2, 0) is 19.4 Å². The molecule has 2 aliphatic rings. The van der Waals surface area contributed by atoms with Gasteiger partial charge in [0.05, 0.1) is 0 Å². The summed E-state index contributed by atoms with van der Waals surface area (Å²) in [5.41, 5.74) is 10.0. The number of fused-ring (bicyclic) bond motifs is 1. The Morgan fingerprint density at radius 1 is 1.30 bits per heavy atom. The van der Waals surface area contributed by atoms with E-state index in [0.29, 0.717) is 6.54 Å². The molecule has 0 bridgehead atoms. The number of nitrogens with two attached hydrogens (primary N) is 1. The van der Waals surface area contributed by atoms with Gasteiger partial charge in [-0.1, -0.05) is 6.92 Å². The van der Waals surface area contributed by atoms with Gasteiger partial charge in [-0.05, 0) is 62.5 Å². The van der Waals surface area contributed by atoms with Crippen molar-refractivity contribution in [3.05, 3.63) is 22.9 Å². The van der Waals surface area contributed by atoms with Crippen molar-refractivity contribution in [1.82, 2.24) is 4.98 Å². The van der Waals surface area contributed by atoms with E-state index < -0.39 is 0 Å². The molecule has 0 aliphatic heterocycles. The Kier molecular flexibility index (Phi) is 4.25. The molecule has 2 aliphatic carbocycles. The summed E-state index contributed by atoms with van der Waals surface area (Å²) < 4.78 is 0. The summed E-state index contributed by atoms with van der Waals surface area (Å²) in [6.45, 7) is 5.14. The predicted molar refractivity (Wildman–Crippen MR) is 84.0 cm³/mol. The van der Waals surface area contributed by atoms with Crippen molar-refractivity contribution in [2.45, 2.75) is 58.4 Å². The highest BCUT2D eigenvalue weighted by molar-refractivity contribution is 5.50. The van der Waals surface area contributed by atoms with E-state index >= 15 is 0 Å². The zero-order chi connectivity index (χ0) is 13.9. The number of anilines is 1. The highest BCUT2D eigenvalue weighted by atomic mass is 15.2. The standard InChI is InChI=1S/C17H27N3/c1-2-9-20(12-13-7-8-13)17-15(11-18)10-14-5-3-4-6-16(14)19-17/h10,13H,2-9,11-12,18H2,1H3. The Bertz CT molecular complexity index is 466. The molecule has 0 saturated heterocycles. The summed E-state index contributed by atoms with van der Waals surface area (Å²) in [6.07, 6.45) is 8.89. The van der Waals surface area contributed by atoms with Crippen LogP contribution in [0.3, 0.4) is 0 Å². The first kappa shape index (κ1) is 13.9. The summed E-state index contributed by atoms with van der Waals surface area (Å²) in [4.78, 5) is 7.52. The second kappa shape index (κ2) is 6.13. The van der Waals surface area contributed by atoms with Crippen molar-refractivity contribution >= 4 is 5.82 Å². The van der Waals surface area contributed by atoms with Crippen molar-refractivity contribution in [3.63, 3.8) is 0 Å². The van der Waals surface area contributed by atoms with E-state index in [2.05, 4.69) is 17.9 Å². The maximum atomic E-state index is 6.00. The van der Waals surface area contributed by atoms with E-state index in [1.54, 1.807) is 0 Å². The quantitative estimate of drug-likeness (QED) is 0.866. The second-order valence-corrected chi connectivity index (χ2v) is 6.38. The summed E-state index contributed by atoms with van der Waals surface area (Å²) >= 11 is 0. The normalized spacial score (nSPS) is 17.9. The molecule has 1 heterocycles. The third-order valence-electron chi connectivity index (χ3n) is 4.55. The van der Waals surface area contributed by atoms with Gasteiger partial charge in [0.15, 0.2) is 0 Å². The van der Waals surface area contributed by atoms with Crippen molar-refractivity contribution in [2.24, 2.45) is 11.7 Å². The Balaban J connectivity index is 1.91. The van der Waals surface area contributed by atoms with Crippen LogP contribution in [0.5, 0.6) is 0 Å². The molecular weight excluding hydrogens is 246 g/mol. The van der Waals surface area contributed by atoms with Gasteiger partial charge in [0.2, 0.25) is 0 Å². The first-order valence-corrected chi connectivity index (χ1v) is 8.28. The molecule has 0 aromatic carbocycles. The number of hydrogen-bond donors (Lipinski definition) is 1. The smallest absolute Gasteiger partial charge is 0.133 e. The Labute approximate surface area is 122 Å². The molecule has 20 heavy (non-hydrogen) atoms. The third kappa shape index (κ3) is 2.98. The van der Waals surface area contributed by atoms with E-state index in [-0.39, 0.29) is 0 Å². The monoisotopic (exact) mass is 273 g/mol. The van der Waals surface area contributed by atoms with E-state index in [1.165, 1.54) is 67.7 Å². The Morgan fingerprint density at radius 2 is 2.10 bits per heavy atom. The number of aromatic nitrogens is 1. The molecular formula is C17H27N3. The first-order chi connectivity index (χ1) is 9.81. The van der Waals surface area contributed by atoms with Crippen molar-refractivity contribution in [2.75, 3.05) is 18.0 Å². The molecule has 3 heteroatoms. The minimum absolute atomic E-state index is 0.612. The van der Waals surface area contributed by atoms with E-state index in [0.717, 1.165) is 18.9 Å². The molecule has 0 amide bonds. The number of aryl methyl sites for hydroxylation is 2. The van der Waals surface area contributed by atoms with Crippen LogP contribution in [0.2, 0.25) is 0 Å².